The van der Waals surface area contributed by atoms with Crippen molar-refractivity contribution in [2.24, 2.45) is 0 Å². The third-order valence-electron chi connectivity index (χ3n) is 4.11. The van der Waals surface area contributed by atoms with Crippen molar-refractivity contribution in [1.29, 1.82) is 0 Å². The van der Waals surface area contributed by atoms with Gasteiger partial charge in [-0.05, 0) is 55.6 Å². The van der Waals surface area contributed by atoms with E-state index in [1.54, 1.807) is 7.11 Å². The Labute approximate surface area is 159 Å². The van der Waals surface area contributed by atoms with Gasteiger partial charge in [0.25, 0.3) is 5.56 Å². The maximum Gasteiger partial charge on any atom is 0.253 e. The zero-order valence-corrected chi connectivity index (χ0v) is 16.2. The average molecular weight is 378 g/mol. The van der Waals surface area contributed by atoms with Crippen LogP contribution >= 0.6 is 12.2 Å². The summed E-state index contributed by atoms with van der Waals surface area (Å²) in [6.45, 7) is 4.45. The van der Waals surface area contributed by atoms with Crippen molar-refractivity contribution in [2.45, 2.75) is 26.3 Å². The molecule has 0 spiro atoms. The van der Waals surface area contributed by atoms with Crippen LogP contribution in [0.1, 0.15) is 24.0 Å². The normalized spacial score (nSPS) is 10.9. The van der Waals surface area contributed by atoms with Crippen molar-refractivity contribution in [3.8, 4) is 0 Å². The molecule has 0 aliphatic heterocycles. The molecule has 0 fully saturated rings. The van der Waals surface area contributed by atoms with E-state index in [-0.39, 0.29) is 12.2 Å². The molecule has 0 aliphatic carbocycles. The van der Waals surface area contributed by atoms with E-state index in [9.17, 15) is 4.79 Å². The van der Waals surface area contributed by atoms with Crippen LogP contribution in [0, 0.1) is 6.92 Å². The molecule has 142 valence electrons. The lowest BCUT2D eigenvalue weighted by atomic mass is 10.1. The fraction of sp³-hybridized carbons (Fsp3) is 0.474. The first-order valence-corrected chi connectivity index (χ1v) is 9.21. The molecular formula is C19H27N3O3S. The SMILES string of the molecule is COCCCNC(=S)N(CCCO)Cc1cc2cc(C)ccc2[nH]c1=O. The van der Waals surface area contributed by atoms with Gasteiger partial charge in [0.2, 0.25) is 0 Å². The van der Waals surface area contributed by atoms with Crippen LogP contribution < -0.4 is 10.9 Å². The monoisotopic (exact) mass is 377 g/mol. The molecule has 26 heavy (non-hydrogen) atoms. The zero-order valence-electron chi connectivity index (χ0n) is 15.4. The molecule has 2 aromatic rings. The number of fused-ring (bicyclic) bond motifs is 1. The van der Waals surface area contributed by atoms with Gasteiger partial charge in [0.15, 0.2) is 5.11 Å². The third kappa shape index (κ3) is 5.79. The van der Waals surface area contributed by atoms with Gasteiger partial charge >= 0.3 is 0 Å². The van der Waals surface area contributed by atoms with Gasteiger partial charge in [0.05, 0.1) is 6.54 Å². The Kier molecular flexibility index (Phi) is 8.03. The number of H-pyrrole nitrogens is 1. The second kappa shape index (κ2) is 10.3. The van der Waals surface area contributed by atoms with E-state index in [1.165, 1.54) is 0 Å². The Bertz CT molecular complexity index is 791. The molecule has 2 rings (SSSR count). The topological polar surface area (TPSA) is 77.6 Å². The van der Waals surface area contributed by atoms with Crippen LogP contribution in [0.4, 0.5) is 0 Å². The van der Waals surface area contributed by atoms with E-state index in [4.69, 9.17) is 22.1 Å². The van der Waals surface area contributed by atoms with Gasteiger partial charge in [-0.25, -0.2) is 0 Å². The van der Waals surface area contributed by atoms with Crippen LogP contribution in [-0.2, 0) is 11.3 Å². The number of benzene rings is 1. The maximum atomic E-state index is 12.4. The lowest BCUT2D eigenvalue weighted by Crippen LogP contribution is -2.41. The first kappa shape index (κ1) is 20.4. The number of aryl methyl sites for hydroxylation is 1. The van der Waals surface area contributed by atoms with Gasteiger partial charge in [0, 0.05) is 44.5 Å². The number of rotatable bonds is 9. The standard InChI is InChI=1S/C19H27N3O3S/c1-14-5-6-17-15(11-14)12-16(18(24)21-17)13-22(8-4-9-23)19(26)20-7-3-10-25-2/h5-6,11-12,23H,3-4,7-10,13H2,1-2H3,(H,20,26)(H,21,24). The molecule has 0 amide bonds. The van der Waals surface area contributed by atoms with E-state index < -0.39 is 0 Å². The van der Waals surface area contributed by atoms with Crippen LogP contribution in [-0.4, -0.2) is 53.5 Å². The molecule has 6 nitrogen and oxygen atoms in total. The van der Waals surface area contributed by atoms with Crippen molar-refractivity contribution in [1.82, 2.24) is 15.2 Å². The number of nitrogens with one attached hydrogen (secondary N) is 2. The van der Waals surface area contributed by atoms with Gasteiger partial charge in [-0.3, -0.25) is 4.79 Å². The van der Waals surface area contributed by atoms with E-state index in [0.717, 1.165) is 22.9 Å². The second-order valence-corrected chi connectivity index (χ2v) is 6.68. The Hall–Kier alpha value is -1.96. The number of hydrogen-bond donors (Lipinski definition) is 3. The van der Waals surface area contributed by atoms with E-state index in [1.807, 2.05) is 36.1 Å². The fourth-order valence-corrected chi connectivity index (χ4v) is 2.99. The van der Waals surface area contributed by atoms with Crippen molar-refractivity contribution < 1.29 is 9.84 Å². The van der Waals surface area contributed by atoms with E-state index in [0.29, 0.717) is 43.3 Å². The van der Waals surface area contributed by atoms with Gasteiger partial charge < -0.3 is 25.0 Å². The van der Waals surface area contributed by atoms with Crippen LogP contribution in [0.5, 0.6) is 0 Å². The Morgan fingerprint density at radius 2 is 2.15 bits per heavy atom. The number of thiocarbonyl (C=S) groups is 1. The number of aromatic nitrogens is 1. The van der Waals surface area contributed by atoms with Gasteiger partial charge in [-0.15, -0.1) is 0 Å². The molecule has 0 unspecified atom stereocenters. The minimum absolute atomic E-state index is 0.0794. The number of hydrogen-bond acceptors (Lipinski definition) is 4. The summed E-state index contributed by atoms with van der Waals surface area (Å²) in [5, 5.41) is 13.9. The molecular weight excluding hydrogens is 350 g/mol. The summed E-state index contributed by atoms with van der Waals surface area (Å²) in [5.41, 5.74) is 2.51. The van der Waals surface area contributed by atoms with Crippen molar-refractivity contribution >= 4 is 28.2 Å². The highest BCUT2D eigenvalue weighted by Crippen LogP contribution is 2.14. The smallest absolute Gasteiger partial charge is 0.253 e. The van der Waals surface area contributed by atoms with Gasteiger partial charge in [-0.1, -0.05) is 11.6 Å². The number of nitrogens with zero attached hydrogens (tertiary/aromatic N) is 1. The zero-order chi connectivity index (χ0) is 18.9. The number of pyridine rings is 1. The van der Waals surface area contributed by atoms with Gasteiger partial charge in [-0.2, -0.15) is 0 Å². The summed E-state index contributed by atoms with van der Waals surface area (Å²) in [6, 6.07) is 7.86. The lowest BCUT2D eigenvalue weighted by Gasteiger charge is -2.25. The largest absolute Gasteiger partial charge is 0.396 e. The predicted molar refractivity (Wildman–Crippen MR) is 109 cm³/mol. The number of aliphatic hydroxyl groups excluding tert-OH is 1. The quantitative estimate of drug-likeness (QED) is 0.458. The fourth-order valence-electron chi connectivity index (χ4n) is 2.73. The molecule has 1 aromatic heterocycles. The molecule has 1 aromatic carbocycles. The van der Waals surface area contributed by atoms with Crippen LogP contribution in [0.25, 0.3) is 10.9 Å². The van der Waals surface area contributed by atoms with Crippen LogP contribution in [0.3, 0.4) is 0 Å². The molecule has 1 heterocycles. The van der Waals surface area contributed by atoms with Crippen LogP contribution in [0.2, 0.25) is 0 Å². The minimum Gasteiger partial charge on any atom is -0.396 e. The van der Waals surface area contributed by atoms with Crippen LogP contribution in [0.15, 0.2) is 29.1 Å². The number of aromatic amines is 1. The summed E-state index contributed by atoms with van der Waals surface area (Å²) < 4.78 is 5.04. The van der Waals surface area contributed by atoms with Crippen molar-refractivity contribution in [3.05, 3.63) is 45.7 Å². The van der Waals surface area contributed by atoms with Crippen molar-refractivity contribution in [2.75, 3.05) is 33.4 Å². The minimum atomic E-state index is -0.113. The Morgan fingerprint density at radius 3 is 2.88 bits per heavy atom. The molecule has 0 aliphatic rings. The molecule has 0 atom stereocenters. The first-order chi connectivity index (χ1) is 12.5. The molecule has 0 saturated heterocycles. The summed E-state index contributed by atoms with van der Waals surface area (Å²) in [4.78, 5) is 17.3. The maximum absolute atomic E-state index is 12.4. The Balaban J connectivity index is 2.16. The summed E-state index contributed by atoms with van der Waals surface area (Å²) in [6.07, 6.45) is 1.44. The Morgan fingerprint density at radius 1 is 1.35 bits per heavy atom. The summed E-state index contributed by atoms with van der Waals surface area (Å²) in [5.74, 6) is 0. The highest BCUT2D eigenvalue weighted by atomic mass is 32.1. The molecule has 7 heteroatoms. The molecule has 0 radical (unpaired) electrons. The highest BCUT2D eigenvalue weighted by Gasteiger charge is 2.13. The molecule has 0 bridgehead atoms. The van der Waals surface area contributed by atoms with Crippen molar-refractivity contribution in [3.63, 3.8) is 0 Å². The number of ether oxygens (including phenoxy) is 1. The second-order valence-electron chi connectivity index (χ2n) is 6.29. The van der Waals surface area contributed by atoms with E-state index in [2.05, 4.69) is 10.3 Å². The average Bonchev–Trinajstić information content (AvgIpc) is 2.62. The number of aliphatic hydroxyl groups is 1. The van der Waals surface area contributed by atoms with E-state index >= 15 is 0 Å². The summed E-state index contributed by atoms with van der Waals surface area (Å²) in [7, 11) is 1.67. The predicted octanol–water partition coefficient (Wildman–Crippen LogP) is 1.93. The number of methoxy groups -OCH3 is 1. The molecule has 3 N–H and O–H groups in total. The highest BCUT2D eigenvalue weighted by molar-refractivity contribution is 7.80. The third-order valence-corrected chi connectivity index (χ3v) is 4.52. The van der Waals surface area contributed by atoms with Gasteiger partial charge in [0.1, 0.15) is 0 Å². The first-order valence-electron chi connectivity index (χ1n) is 8.80. The summed E-state index contributed by atoms with van der Waals surface area (Å²) >= 11 is 5.48. The molecule has 0 saturated carbocycles. The lowest BCUT2D eigenvalue weighted by molar-refractivity contribution is 0.195.